The van der Waals surface area contributed by atoms with E-state index >= 15 is 0 Å². The number of aryl methyl sites for hydroxylation is 1. The van der Waals surface area contributed by atoms with Gasteiger partial charge in [-0.25, -0.2) is 12.8 Å². The van der Waals surface area contributed by atoms with Gasteiger partial charge in [0.2, 0.25) is 10.0 Å². The molecule has 0 aliphatic carbocycles. The van der Waals surface area contributed by atoms with Crippen LogP contribution in [0.15, 0.2) is 23.1 Å². The second-order valence-corrected chi connectivity index (χ2v) is 7.22. The summed E-state index contributed by atoms with van der Waals surface area (Å²) in [5.74, 6) is -0.531. The van der Waals surface area contributed by atoms with E-state index in [0.29, 0.717) is 18.5 Å². The molecule has 1 aliphatic rings. The van der Waals surface area contributed by atoms with Gasteiger partial charge < -0.3 is 5.11 Å². The number of halogens is 1. The van der Waals surface area contributed by atoms with Crippen molar-refractivity contribution in [2.24, 2.45) is 0 Å². The summed E-state index contributed by atoms with van der Waals surface area (Å²) in [6.45, 7) is 3.55. The number of hydrogen-bond donors (Lipinski definition) is 1. The molecule has 0 radical (unpaired) electrons. The largest absolute Gasteiger partial charge is 0.392 e. The van der Waals surface area contributed by atoms with Gasteiger partial charge in [-0.05, 0) is 44.4 Å². The van der Waals surface area contributed by atoms with Crippen LogP contribution in [0.2, 0.25) is 0 Å². The molecular formula is C14H20FNO3S. The van der Waals surface area contributed by atoms with Gasteiger partial charge in [0.15, 0.2) is 0 Å². The van der Waals surface area contributed by atoms with E-state index in [-0.39, 0.29) is 4.90 Å². The van der Waals surface area contributed by atoms with E-state index in [2.05, 4.69) is 0 Å². The van der Waals surface area contributed by atoms with Crippen LogP contribution in [-0.4, -0.2) is 36.5 Å². The molecule has 2 unspecified atom stereocenters. The molecule has 0 saturated carbocycles. The lowest BCUT2D eigenvalue weighted by molar-refractivity contribution is 0.0831. The number of aliphatic hydroxyl groups is 1. The minimum absolute atomic E-state index is 0.0480. The Balaban J connectivity index is 2.39. The number of hydrogen-bond acceptors (Lipinski definition) is 3. The highest BCUT2D eigenvalue weighted by molar-refractivity contribution is 7.89. The van der Waals surface area contributed by atoms with Gasteiger partial charge in [0.1, 0.15) is 5.82 Å². The normalized spacial score (nSPS) is 22.7. The molecule has 1 aromatic rings. The van der Waals surface area contributed by atoms with E-state index < -0.39 is 28.0 Å². The average molecular weight is 301 g/mol. The van der Waals surface area contributed by atoms with Gasteiger partial charge in [0.25, 0.3) is 0 Å². The Morgan fingerprint density at radius 2 is 2.10 bits per heavy atom. The Morgan fingerprint density at radius 3 is 2.70 bits per heavy atom. The summed E-state index contributed by atoms with van der Waals surface area (Å²) in [6, 6.07) is 3.50. The van der Waals surface area contributed by atoms with Crippen molar-refractivity contribution in [2.75, 3.05) is 6.54 Å². The van der Waals surface area contributed by atoms with E-state index in [1.165, 1.54) is 16.4 Å². The Labute approximate surface area is 119 Å². The molecule has 4 nitrogen and oxygen atoms in total. The fraction of sp³-hybridized carbons (Fsp3) is 0.571. The monoisotopic (exact) mass is 301 g/mol. The Kier molecular flexibility index (Phi) is 4.46. The molecule has 1 aliphatic heterocycles. The van der Waals surface area contributed by atoms with Crippen molar-refractivity contribution in [3.63, 3.8) is 0 Å². The zero-order valence-corrected chi connectivity index (χ0v) is 12.5. The third-order valence-electron chi connectivity index (χ3n) is 3.81. The predicted molar refractivity (Wildman–Crippen MR) is 74.3 cm³/mol. The smallest absolute Gasteiger partial charge is 0.243 e. The first-order valence-electron chi connectivity index (χ1n) is 6.80. The SMILES string of the molecule is Cc1ccc(S(=O)(=O)N2CCCCC2C(C)O)cc1F. The molecule has 20 heavy (non-hydrogen) atoms. The Bertz CT molecular complexity index is 586. The van der Waals surface area contributed by atoms with Crippen LogP contribution in [0, 0.1) is 12.7 Å². The third kappa shape index (κ3) is 2.87. The van der Waals surface area contributed by atoms with E-state index in [9.17, 15) is 17.9 Å². The zero-order valence-electron chi connectivity index (χ0n) is 11.7. The fourth-order valence-corrected chi connectivity index (χ4v) is 4.35. The number of benzene rings is 1. The highest BCUT2D eigenvalue weighted by Gasteiger charge is 2.36. The van der Waals surface area contributed by atoms with Crippen molar-refractivity contribution in [3.8, 4) is 0 Å². The van der Waals surface area contributed by atoms with Crippen molar-refractivity contribution in [3.05, 3.63) is 29.6 Å². The number of aliphatic hydroxyl groups excluding tert-OH is 1. The lowest BCUT2D eigenvalue weighted by Crippen LogP contribution is -2.48. The summed E-state index contributed by atoms with van der Waals surface area (Å²) >= 11 is 0. The lowest BCUT2D eigenvalue weighted by Gasteiger charge is -2.36. The average Bonchev–Trinajstić information content (AvgIpc) is 2.41. The summed E-state index contributed by atoms with van der Waals surface area (Å²) in [5, 5.41) is 9.78. The molecule has 0 spiro atoms. The molecule has 1 heterocycles. The maximum Gasteiger partial charge on any atom is 0.243 e. The summed E-state index contributed by atoms with van der Waals surface area (Å²) in [4.78, 5) is -0.0480. The van der Waals surface area contributed by atoms with Crippen LogP contribution in [0.3, 0.4) is 0 Å². The maximum absolute atomic E-state index is 13.6. The van der Waals surface area contributed by atoms with Crippen molar-refractivity contribution in [1.82, 2.24) is 4.31 Å². The quantitative estimate of drug-likeness (QED) is 0.929. The number of sulfonamides is 1. The summed E-state index contributed by atoms with van der Waals surface area (Å²) in [7, 11) is -3.76. The molecule has 1 saturated heterocycles. The molecule has 0 amide bonds. The van der Waals surface area contributed by atoms with Crippen molar-refractivity contribution in [1.29, 1.82) is 0 Å². The van der Waals surface area contributed by atoms with Crippen LogP contribution in [0.4, 0.5) is 4.39 Å². The molecule has 0 bridgehead atoms. The molecule has 2 atom stereocenters. The summed E-state index contributed by atoms with van der Waals surface area (Å²) < 4.78 is 40.1. The van der Waals surface area contributed by atoms with Crippen LogP contribution < -0.4 is 0 Å². The number of nitrogens with zero attached hydrogens (tertiary/aromatic N) is 1. The summed E-state index contributed by atoms with van der Waals surface area (Å²) in [6.07, 6.45) is 1.55. The van der Waals surface area contributed by atoms with Crippen molar-refractivity contribution >= 4 is 10.0 Å². The Morgan fingerprint density at radius 1 is 1.40 bits per heavy atom. The molecule has 1 aromatic carbocycles. The summed E-state index contributed by atoms with van der Waals surface area (Å²) in [5.41, 5.74) is 0.412. The van der Waals surface area contributed by atoms with Crippen LogP contribution >= 0.6 is 0 Å². The highest BCUT2D eigenvalue weighted by Crippen LogP contribution is 2.27. The van der Waals surface area contributed by atoms with Crippen molar-refractivity contribution in [2.45, 2.75) is 50.2 Å². The first-order chi connectivity index (χ1) is 9.34. The minimum atomic E-state index is -3.76. The minimum Gasteiger partial charge on any atom is -0.392 e. The predicted octanol–water partition coefficient (Wildman–Crippen LogP) is 2.06. The van der Waals surface area contributed by atoms with Gasteiger partial charge in [0, 0.05) is 6.54 Å². The second-order valence-electron chi connectivity index (χ2n) is 5.33. The molecular weight excluding hydrogens is 281 g/mol. The van der Waals surface area contributed by atoms with Gasteiger partial charge in [-0.1, -0.05) is 12.5 Å². The first-order valence-corrected chi connectivity index (χ1v) is 8.24. The van der Waals surface area contributed by atoms with E-state index in [1.807, 2.05) is 0 Å². The molecule has 1 N–H and O–H groups in total. The van der Waals surface area contributed by atoms with E-state index in [0.717, 1.165) is 18.9 Å². The molecule has 112 valence electrons. The first kappa shape index (κ1) is 15.4. The standard InChI is InChI=1S/C14H20FNO3S/c1-10-6-7-12(9-13(10)15)20(18,19)16-8-4-3-5-14(16)11(2)17/h6-7,9,11,14,17H,3-5,8H2,1-2H3. The van der Waals surface area contributed by atoms with Crippen LogP contribution in [0.5, 0.6) is 0 Å². The fourth-order valence-electron chi connectivity index (χ4n) is 2.58. The van der Waals surface area contributed by atoms with Crippen LogP contribution in [0.1, 0.15) is 31.7 Å². The molecule has 1 fully saturated rings. The maximum atomic E-state index is 13.6. The molecule has 6 heteroatoms. The Hall–Kier alpha value is -0.980. The number of piperidine rings is 1. The number of rotatable bonds is 3. The van der Waals surface area contributed by atoms with Gasteiger partial charge in [-0.3, -0.25) is 0 Å². The third-order valence-corrected chi connectivity index (χ3v) is 5.73. The topological polar surface area (TPSA) is 57.6 Å². The van der Waals surface area contributed by atoms with E-state index in [1.54, 1.807) is 13.8 Å². The molecule has 0 aromatic heterocycles. The highest BCUT2D eigenvalue weighted by atomic mass is 32.2. The van der Waals surface area contributed by atoms with Gasteiger partial charge in [-0.2, -0.15) is 4.31 Å². The van der Waals surface area contributed by atoms with E-state index in [4.69, 9.17) is 0 Å². The molecule has 2 rings (SSSR count). The van der Waals surface area contributed by atoms with Gasteiger partial charge in [0.05, 0.1) is 17.0 Å². The second kappa shape index (κ2) is 5.79. The van der Waals surface area contributed by atoms with Gasteiger partial charge >= 0.3 is 0 Å². The van der Waals surface area contributed by atoms with Crippen LogP contribution in [0.25, 0.3) is 0 Å². The zero-order chi connectivity index (χ0) is 14.9. The lowest BCUT2D eigenvalue weighted by atomic mass is 10.0. The van der Waals surface area contributed by atoms with Crippen LogP contribution in [-0.2, 0) is 10.0 Å². The van der Waals surface area contributed by atoms with Crippen molar-refractivity contribution < 1.29 is 17.9 Å². The van der Waals surface area contributed by atoms with Gasteiger partial charge in [-0.15, -0.1) is 0 Å².